The number of hydrogen-bond acceptors (Lipinski definition) is 3. The van der Waals surface area contributed by atoms with E-state index in [-0.39, 0.29) is 18.4 Å². The summed E-state index contributed by atoms with van der Waals surface area (Å²) in [4.78, 5) is 24.3. The summed E-state index contributed by atoms with van der Waals surface area (Å²) >= 11 is 0. The number of carbonyl (C=O) groups excluding carboxylic acids is 2. The molecule has 15 heavy (non-hydrogen) atoms. The Labute approximate surface area is 89.2 Å². The van der Waals surface area contributed by atoms with Crippen LogP contribution in [0.3, 0.4) is 0 Å². The van der Waals surface area contributed by atoms with Gasteiger partial charge in [-0.3, -0.25) is 14.5 Å². The molecule has 0 bridgehead atoms. The number of amides is 2. The predicted molar refractivity (Wildman–Crippen MR) is 55.9 cm³/mol. The molecule has 0 atom stereocenters. The minimum Gasteiger partial charge on any atom is -0.355 e. The molecule has 5 nitrogen and oxygen atoms in total. The van der Waals surface area contributed by atoms with Crippen LogP contribution in [0.4, 0.5) is 0 Å². The fourth-order valence-electron chi connectivity index (χ4n) is 1.38. The third-order valence-electron chi connectivity index (χ3n) is 2.16. The molecule has 0 aliphatic carbocycles. The molecule has 5 heteroatoms. The van der Waals surface area contributed by atoms with E-state index < -0.39 is 0 Å². The van der Waals surface area contributed by atoms with Gasteiger partial charge in [0.25, 0.3) is 0 Å². The van der Waals surface area contributed by atoms with Gasteiger partial charge in [0.2, 0.25) is 11.8 Å². The smallest absolute Gasteiger partial charge is 0.234 e. The molecule has 0 aromatic rings. The Hall–Kier alpha value is -1.54. The van der Waals surface area contributed by atoms with Gasteiger partial charge in [0.05, 0.1) is 13.1 Å². The van der Waals surface area contributed by atoms with Crippen molar-refractivity contribution in [3.63, 3.8) is 0 Å². The number of nitrogens with zero attached hydrogens (tertiary/aromatic N) is 1. The van der Waals surface area contributed by atoms with Crippen LogP contribution < -0.4 is 10.6 Å². The third kappa shape index (κ3) is 4.47. The summed E-state index contributed by atoms with van der Waals surface area (Å²) in [5.41, 5.74) is 0. The molecule has 0 radical (unpaired) electrons. The van der Waals surface area contributed by atoms with Crippen LogP contribution in [0.15, 0.2) is 0 Å². The molecule has 1 heterocycles. The van der Waals surface area contributed by atoms with Crippen molar-refractivity contribution in [2.24, 2.45) is 0 Å². The molecule has 0 saturated carbocycles. The first-order chi connectivity index (χ1) is 7.22. The molecule has 1 saturated heterocycles. The lowest BCUT2D eigenvalue weighted by atomic mass is 10.3. The van der Waals surface area contributed by atoms with E-state index in [1.807, 2.05) is 4.90 Å². The highest BCUT2D eigenvalue weighted by molar-refractivity contribution is 5.79. The van der Waals surface area contributed by atoms with Crippen molar-refractivity contribution in [2.45, 2.75) is 6.42 Å². The monoisotopic (exact) mass is 209 g/mol. The Morgan fingerprint density at radius 2 is 2.40 bits per heavy atom. The van der Waals surface area contributed by atoms with Crippen LogP contribution in [0.2, 0.25) is 0 Å². The van der Waals surface area contributed by atoms with Gasteiger partial charge in [0.15, 0.2) is 0 Å². The second-order valence-electron chi connectivity index (χ2n) is 3.36. The number of hydrogen-bond donors (Lipinski definition) is 2. The first-order valence-electron chi connectivity index (χ1n) is 4.91. The molecule has 2 N–H and O–H groups in total. The maximum atomic E-state index is 11.3. The van der Waals surface area contributed by atoms with E-state index in [1.165, 1.54) is 0 Å². The Morgan fingerprint density at radius 3 is 3.13 bits per heavy atom. The average Bonchev–Trinajstić information content (AvgIpc) is 2.41. The van der Waals surface area contributed by atoms with Gasteiger partial charge in [-0.05, 0) is 0 Å². The molecule has 0 spiro atoms. The summed E-state index contributed by atoms with van der Waals surface area (Å²) in [5.74, 6) is 2.29. The van der Waals surface area contributed by atoms with E-state index in [0.29, 0.717) is 32.6 Å². The van der Waals surface area contributed by atoms with Crippen LogP contribution in [-0.4, -0.2) is 49.4 Å². The van der Waals surface area contributed by atoms with E-state index >= 15 is 0 Å². The van der Waals surface area contributed by atoms with Gasteiger partial charge in [0.1, 0.15) is 0 Å². The lowest BCUT2D eigenvalue weighted by molar-refractivity contribution is -0.123. The van der Waals surface area contributed by atoms with Gasteiger partial charge in [-0.25, -0.2) is 0 Å². The van der Waals surface area contributed by atoms with Crippen LogP contribution in [0, 0.1) is 12.3 Å². The predicted octanol–water partition coefficient (Wildman–Crippen LogP) is -1.44. The molecular formula is C10H15N3O2. The number of rotatable bonds is 3. The summed E-state index contributed by atoms with van der Waals surface area (Å²) in [5, 5.41) is 5.34. The van der Waals surface area contributed by atoms with Crippen LogP contribution >= 0.6 is 0 Å². The molecule has 82 valence electrons. The highest BCUT2D eigenvalue weighted by Gasteiger charge is 2.15. The Kier molecular flexibility index (Phi) is 4.64. The van der Waals surface area contributed by atoms with Gasteiger partial charge in [0, 0.05) is 26.1 Å². The molecule has 1 aliphatic heterocycles. The highest BCUT2D eigenvalue weighted by atomic mass is 16.2. The van der Waals surface area contributed by atoms with Crippen LogP contribution in [-0.2, 0) is 9.59 Å². The fraction of sp³-hybridized carbons (Fsp3) is 0.600. The lowest BCUT2D eigenvalue weighted by Gasteiger charge is -2.17. The second-order valence-corrected chi connectivity index (χ2v) is 3.36. The van der Waals surface area contributed by atoms with Crippen LogP contribution in [0.5, 0.6) is 0 Å². The van der Waals surface area contributed by atoms with Crippen molar-refractivity contribution in [3.8, 4) is 12.3 Å². The maximum Gasteiger partial charge on any atom is 0.234 e. The van der Waals surface area contributed by atoms with Gasteiger partial charge in [-0.1, -0.05) is 5.92 Å². The van der Waals surface area contributed by atoms with Crippen molar-refractivity contribution in [2.75, 3.05) is 32.7 Å². The summed E-state index contributed by atoms with van der Waals surface area (Å²) in [6, 6.07) is 0. The fourth-order valence-corrected chi connectivity index (χ4v) is 1.38. The third-order valence-corrected chi connectivity index (χ3v) is 2.16. The standard InChI is InChI=1S/C10H15N3O2/c1-2-4-11-10(15)8-13-6-3-9(14)12-5-7-13/h1H,3-8H2,(H,11,15)(H,12,14). The Morgan fingerprint density at radius 1 is 1.60 bits per heavy atom. The molecule has 0 unspecified atom stereocenters. The lowest BCUT2D eigenvalue weighted by Crippen LogP contribution is -2.39. The normalized spacial score (nSPS) is 17.4. The topological polar surface area (TPSA) is 61.4 Å². The zero-order valence-electron chi connectivity index (χ0n) is 8.58. The van der Waals surface area contributed by atoms with Gasteiger partial charge in [-0.15, -0.1) is 6.42 Å². The molecule has 1 rings (SSSR count). The minimum atomic E-state index is -0.0951. The largest absolute Gasteiger partial charge is 0.355 e. The van der Waals surface area contributed by atoms with Crippen molar-refractivity contribution >= 4 is 11.8 Å². The van der Waals surface area contributed by atoms with E-state index in [2.05, 4.69) is 16.6 Å². The zero-order chi connectivity index (χ0) is 11.1. The van der Waals surface area contributed by atoms with Gasteiger partial charge in [-0.2, -0.15) is 0 Å². The van der Waals surface area contributed by atoms with E-state index in [0.717, 1.165) is 0 Å². The maximum absolute atomic E-state index is 11.3. The summed E-state index contributed by atoms with van der Waals surface area (Å²) < 4.78 is 0. The second kappa shape index (κ2) is 6.04. The zero-order valence-corrected chi connectivity index (χ0v) is 8.58. The first-order valence-corrected chi connectivity index (χ1v) is 4.91. The molecule has 2 amide bonds. The molecule has 0 aromatic heterocycles. The first kappa shape index (κ1) is 11.5. The van der Waals surface area contributed by atoms with E-state index in [4.69, 9.17) is 6.42 Å². The molecular weight excluding hydrogens is 194 g/mol. The molecule has 1 aliphatic rings. The Balaban J connectivity index is 2.28. The quantitative estimate of drug-likeness (QED) is 0.559. The SMILES string of the molecule is C#CCNC(=O)CN1CCNC(=O)CC1. The van der Waals surface area contributed by atoms with Crippen molar-refractivity contribution < 1.29 is 9.59 Å². The molecule has 1 fully saturated rings. The van der Waals surface area contributed by atoms with E-state index in [9.17, 15) is 9.59 Å². The van der Waals surface area contributed by atoms with Crippen molar-refractivity contribution in [1.29, 1.82) is 0 Å². The van der Waals surface area contributed by atoms with E-state index in [1.54, 1.807) is 0 Å². The minimum absolute atomic E-state index is 0.0431. The van der Waals surface area contributed by atoms with Gasteiger partial charge < -0.3 is 10.6 Å². The highest BCUT2D eigenvalue weighted by Crippen LogP contribution is 1.95. The van der Waals surface area contributed by atoms with Gasteiger partial charge >= 0.3 is 0 Å². The number of nitrogens with one attached hydrogen (secondary N) is 2. The summed E-state index contributed by atoms with van der Waals surface area (Å²) in [7, 11) is 0. The number of terminal acetylenes is 1. The Bertz CT molecular complexity index is 283. The number of carbonyl (C=O) groups is 2. The van der Waals surface area contributed by atoms with Crippen molar-refractivity contribution in [3.05, 3.63) is 0 Å². The van der Waals surface area contributed by atoms with Crippen LogP contribution in [0.25, 0.3) is 0 Å². The average molecular weight is 209 g/mol. The summed E-state index contributed by atoms with van der Waals surface area (Å²) in [6.45, 7) is 2.48. The van der Waals surface area contributed by atoms with Crippen LogP contribution in [0.1, 0.15) is 6.42 Å². The van der Waals surface area contributed by atoms with Crippen molar-refractivity contribution in [1.82, 2.24) is 15.5 Å². The molecule has 0 aromatic carbocycles. The summed E-state index contributed by atoms with van der Waals surface area (Å²) in [6.07, 6.45) is 5.47.